The number of benzene rings is 2. The zero-order valence-corrected chi connectivity index (χ0v) is 13.2. The van der Waals surface area contributed by atoms with Crippen LogP contribution in [0.15, 0.2) is 66.7 Å². The van der Waals surface area contributed by atoms with Crippen LogP contribution in [0.3, 0.4) is 0 Å². The Morgan fingerprint density at radius 3 is 2.17 bits per heavy atom. The van der Waals surface area contributed by atoms with E-state index < -0.39 is 5.97 Å². The van der Waals surface area contributed by atoms with Gasteiger partial charge in [-0.15, -0.1) is 0 Å². The van der Waals surface area contributed by atoms with Gasteiger partial charge in [-0.3, -0.25) is 0 Å². The number of ether oxygens (including phenoxy) is 2. The molecule has 118 valence electrons. The Bertz CT molecular complexity index is 670. The van der Waals surface area contributed by atoms with Gasteiger partial charge in [-0.1, -0.05) is 61.2 Å². The van der Waals surface area contributed by atoms with Crippen molar-refractivity contribution in [1.29, 1.82) is 0 Å². The molecule has 2 rings (SSSR count). The zero-order chi connectivity index (χ0) is 16.5. The Labute approximate surface area is 136 Å². The van der Waals surface area contributed by atoms with E-state index in [-0.39, 0.29) is 6.61 Å². The Hall–Kier alpha value is -2.81. The van der Waals surface area contributed by atoms with E-state index in [2.05, 4.69) is 24.8 Å². The molecule has 0 aliphatic rings. The molecule has 0 aliphatic heterocycles. The monoisotopic (exact) mass is 308 g/mol. The first-order valence-electron chi connectivity index (χ1n) is 7.44. The summed E-state index contributed by atoms with van der Waals surface area (Å²) in [6, 6.07) is 17.9. The van der Waals surface area contributed by atoms with Crippen LogP contribution in [-0.4, -0.2) is 19.2 Å². The molecule has 0 spiro atoms. The van der Waals surface area contributed by atoms with Crippen LogP contribution < -0.4 is 4.74 Å². The predicted molar refractivity (Wildman–Crippen MR) is 93.1 cm³/mol. The van der Waals surface area contributed by atoms with E-state index in [0.717, 1.165) is 16.9 Å². The molecular formula is C20H20O3. The molecule has 0 unspecified atom stereocenters. The Morgan fingerprint density at radius 2 is 1.57 bits per heavy atom. The van der Waals surface area contributed by atoms with Gasteiger partial charge >= 0.3 is 5.97 Å². The van der Waals surface area contributed by atoms with Crippen molar-refractivity contribution >= 4 is 18.1 Å². The van der Waals surface area contributed by atoms with Gasteiger partial charge in [0.25, 0.3) is 0 Å². The van der Waals surface area contributed by atoms with Gasteiger partial charge in [0.05, 0.1) is 0 Å². The van der Waals surface area contributed by atoms with Crippen LogP contribution in [0.5, 0.6) is 5.75 Å². The van der Waals surface area contributed by atoms with Crippen molar-refractivity contribution in [3.05, 3.63) is 77.9 Å². The molecule has 0 N–H and O–H groups in total. The van der Waals surface area contributed by atoms with Crippen molar-refractivity contribution in [2.24, 2.45) is 0 Å². The second-order valence-electron chi connectivity index (χ2n) is 5.08. The van der Waals surface area contributed by atoms with Gasteiger partial charge in [-0.25, -0.2) is 4.79 Å². The van der Waals surface area contributed by atoms with Gasteiger partial charge in [0.2, 0.25) is 0 Å². The van der Waals surface area contributed by atoms with Crippen molar-refractivity contribution in [2.45, 2.75) is 6.92 Å². The summed E-state index contributed by atoms with van der Waals surface area (Å²) >= 11 is 0. The van der Waals surface area contributed by atoms with Crippen LogP contribution in [0.1, 0.15) is 18.1 Å². The van der Waals surface area contributed by atoms with Crippen LogP contribution in [0.2, 0.25) is 0 Å². The lowest BCUT2D eigenvalue weighted by atomic mass is 10.1. The van der Waals surface area contributed by atoms with E-state index >= 15 is 0 Å². The molecule has 0 amide bonds. The van der Waals surface area contributed by atoms with Crippen molar-refractivity contribution in [3.8, 4) is 5.75 Å². The first kappa shape index (κ1) is 16.6. The average molecular weight is 308 g/mol. The topological polar surface area (TPSA) is 35.5 Å². The van der Waals surface area contributed by atoms with Crippen molar-refractivity contribution in [3.63, 3.8) is 0 Å². The fourth-order valence-corrected chi connectivity index (χ4v) is 1.85. The summed E-state index contributed by atoms with van der Waals surface area (Å²) in [7, 11) is 0. The molecular weight excluding hydrogens is 288 g/mol. The van der Waals surface area contributed by atoms with Crippen molar-refractivity contribution in [1.82, 2.24) is 0 Å². The summed E-state index contributed by atoms with van der Waals surface area (Å²) in [5, 5.41) is 0. The van der Waals surface area contributed by atoms with Gasteiger partial charge in [0.15, 0.2) is 0 Å². The first-order valence-corrected chi connectivity index (χ1v) is 7.44. The van der Waals surface area contributed by atoms with Crippen LogP contribution in [0, 0.1) is 0 Å². The number of hydrogen-bond donors (Lipinski definition) is 0. The van der Waals surface area contributed by atoms with Crippen LogP contribution in [-0.2, 0) is 9.53 Å². The SMILES string of the molecule is C=C(C)C(=O)OCCOc1ccc(/C=C/c2ccccc2)cc1. The standard InChI is InChI=1S/C20H20O3/c1-16(2)20(21)23-15-14-22-19-12-10-18(11-13-19)9-8-17-6-4-3-5-7-17/h3-13H,1,14-15H2,2H3/b9-8+. The minimum Gasteiger partial charge on any atom is -0.490 e. The predicted octanol–water partition coefficient (Wildman–Crippen LogP) is 4.36. The molecule has 0 saturated carbocycles. The maximum absolute atomic E-state index is 11.2. The largest absolute Gasteiger partial charge is 0.490 e. The second-order valence-corrected chi connectivity index (χ2v) is 5.08. The highest BCUT2D eigenvalue weighted by molar-refractivity contribution is 5.86. The zero-order valence-electron chi connectivity index (χ0n) is 13.2. The fourth-order valence-electron chi connectivity index (χ4n) is 1.85. The first-order chi connectivity index (χ1) is 11.1. The summed E-state index contributed by atoms with van der Waals surface area (Å²) < 4.78 is 10.5. The maximum Gasteiger partial charge on any atom is 0.333 e. The summed E-state index contributed by atoms with van der Waals surface area (Å²) in [4.78, 5) is 11.2. The van der Waals surface area contributed by atoms with Gasteiger partial charge in [-0.05, 0) is 30.2 Å². The van der Waals surface area contributed by atoms with Gasteiger partial charge in [0, 0.05) is 5.57 Å². The molecule has 0 aliphatic carbocycles. The Morgan fingerprint density at radius 1 is 0.957 bits per heavy atom. The van der Waals surface area contributed by atoms with E-state index in [0.29, 0.717) is 12.2 Å². The molecule has 2 aromatic carbocycles. The van der Waals surface area contributed by atoms with E-state index in [1.807, 2.05) is 48.5 Å². The highest BCUT2D eigenvalue weighted by Crippen LogP contribution is 2.14. The summed E-state index contributed by atoms with van der Waals surface area (Å²) in [6.07, 6.45) is 4.11. The molecule has 0 heterocycles. The quantitative estimate of drug-likeness (QED) is 0.330. The molecule has 0 aromatic heterocycles. The normalized spacial score (nSPS) is 10.5. The maximum atomic E-state index is 11.2. The number of carbonyl (C=O) groups is 1. The number of esters is 1. The summed E-state index contributed by atoms with van der Waals surface area (Å²) in [5.41, 5.74) is 2.64. The molecule has 0 fully saturated rings. The minimum atomic E-state index is -0.394. The molecule has 0 saturated heterocycles. The van der Waals surface area contributed by atoms with Crippen LogP contribution >= 0.6 is 0 Å². The third-order valence-corrected chi connectivity index (χ3v) is 3.08. The fraction of sp³-hybridized carbons (Fsp3) is 0.150. The lowest BCUT2D eigenvalue weighted by molar-refractivity contribution is -0.139. The molecule has 0 radical (unpaired) electrons. The van der Waals surface area contributed by atoms with Crippen LogP contribution in [0.25, 0.3) is 12.2 Å². The van der Waals surface area contributed by atoms with Crippen molar-refractivity contribution in [2.75, 3.05) is 13.2 Å². The van der Waals surface area contributed by atoms with E-state index in [1.165, 1.54) is 0 Å². The third-order valence-electron chi connectivity index (χ3n) is 3.08. The molecule has 3 nitrogen and oxygen atoms in total. The highest BCUT2D eigenvalue weighted by Gasteiger charge is 2.02. The summed E-state index contributed by atoms with van der Waals surface area (Å²) in [6.45, 7) is 5.66. The minimum absolute atomic E-state index is 0.210. The Balaban J connectivity index is 1.79. The average Bonchev–Trinajstić information content (AvgIpc) is 2.58. The summed E-state index contributed by atoms with van der Waals surface area (Å²) in [5.74, 6) is 0.350. The van der Waals surface area contributed by atoms with Gasteiger partial charge < -0.3 is 9.47 Å². The number of rotatable bonds is 7. The lowest BCUT2D eigenvalue weighted by Gasteiger charge is -2.07. The van der Waals surface area contributed by atoms with Crippen LogP contribution in [0.4, 0.5) is 0 Å². The molecule has 0 bridgehead atoms. The third kappa shape index (κ3) is 5.83. The van der Waals surface area contributed by atoms with Crippen molar-refractivity contribution < 1.29 is 14.3 Å². The van der Waals surface area contributed by atoms with E-state index in [1.54, 1.807) is 6.92 Å². The Kier molecular flexibility index (Phi) is 6.18. The lowest BCUT2D eigenvalue weighted by Crippen LogP contribution is -2.12. The number of hydrogen-bond acceptors (Lipinski definition) is 3. The smallest absolute Gasteiger partial charge is 0.333 e. The molecule has 2 aromatic rings. The molecule has 23 heavy (non-hydrogen) atoms. The van der Waals surface area contributed by atoms with Gasteiger partial charge in [0.1, 0.15) is 19.0 Å². The molecule has 3 heteroatoms. The second kappa shape index (κ2) is 8.59. The van der Waals surface area contributed by atoms with E-state index in [9.17, 15) is 4.79 Å². The molecule has 0 atom stereocenters. The number of carbonyl (C=O) groups excluding carboxylic acids is 1. The highest BCUT2D eigenvalue weighted by atomic mass is 16.6. The van der Waals surface area contributed by atoms with Gasteiger partial charge in [-0.2, -0.15) is 0 Å². The van der Waals surface area contributed by atoms with E-state index in [4.69, 9.17) is 9.47 Å².